The molecule has 1 aliphatic rings. The zero-order valence-corrected chi connectivity index (χ0v) is 22.4. The van der Waals surface area contributed by atoms with E-state index in [-0.39, 0.29) is 18.4 Å². The Bertz CT molecular complexity index is 1440. The molecule has 0 radical (unpaired) electrons. The van der Waals surface area contributed by atoms with E-state index in [1.807, 2.05) is 66.2 Å². The maximum atomic E-state index is 13.3. The number of amides is 2. The average molecular weight is 525 g/mol. The van der Waals surface area contributed by atoms with E-state index in [1.54, 1.807) is 43.4 Å². The van der Waals surface area contributed by atoms with Gasteiger partial charge >= 0.3 is 0 Å². The maximum absolute atomic E-state index is 13.3. The average Bonchev–Trinajstić information content (AvgIpc) is 3.69. The third kappa shape index (κ3) is 6.29. The molecule has 0 spiro atoms. The van der Waals surface area contributed by atoms with E-state index in [0.29, 0.717) is 35.4 Å². The van der Waals surface area contributed by atoms with Crippen molar-refractivity contribution >= 4 is 17.8 Å². The van der Waals surface area contributed by atoms with Crippen molar-refractivity contribution < 1.29 is 19.1 Å². The number of carbonyl (C=O) groups is 2. The number of anilines is 1. The van der Waals surface area contributed by atoms with E-state index < -0.39 is 0 Å². The summed E-state index contributed by atoms with van der Waals surface area (Å²) < 4.78 is 12.3. The van der Waals surface area contributed by atoms with Crippen LogP contribution in [0.2, 0.25) is 0 Å². The second kappa shape index (κ2) is 11.4. The highest BCUT2D eigenvalue weighted by Gasteiger charge is 2.29. The van der Waals surface area contributed by atoms with Crippen molar-refractivity contribution in [2.24, 2.45) is 5.92 Å². The van der Waals surface area contributed by atoms with Crippen LogP contribution < -0.4 is 14.8 Å². The van der Waals surface area contributed by atoms with Gasteiger partial charge in [0.25, 0.3) is 5.91 Å². The van der Waals surface area contributed by atoms with Gasteiger partial charge in [0.2, 0.25) is 11.9 Å². The van der Waals surface area contributed by atoms with E-state index in [9.17, 15) is 9.59 Å². The molecule has 200 valence electrons. The molecule has 1 aromatic heterocycles. The first kappa shape index (κ1) is 26.0. The van der Waals surface area contributed by atoms with Gasteiger partial charge in [0.15, 0.2) is 0 Å². The van der Waals surface area contributed by atoms with Crippen LogP contribution in [0, 0.1) is 12.8 Å². The topological polar surface area (TPSA) is 85.7 Å². The Hall–Kier alpha value is -4.59. The first-order valence-corrected chi connectivity index (χ1v) is 13.0. The fourth-order valence-corrected chi connectivity index (χ4v) is 4.36. The van der Waals surface area contributed by atoms with E-state index in [2.05, 4.69) is 5.32 Å². The van der Waals surface area contributed by atoms with Crippen LogP contribution in [0.5, 0.6) is 11.5 Å². The van der Waals surface area contributed by atoms with Crippen LogP contribution in [0.4, 0.5) is 5.95 Å². The molecule has 3 aromatic carbocycles. The number of nitrogens with zero attached hydrogens (tertiary/aromatic N) is 3. The van der Waals surface area contributed by atoms with Crippen LogP contribution >= 0.6 is 0 Å². The van der Waals surface area contributed by atoms with E-state index in [4.69, 9.17) is 14.5 Å². The van der Waals surface area contributed by atoms with Gasteiger partial charge in [-0.15, -0.1) is 0 Å². The SMILES string of the molecule is COc1ccc(C(=O)N(CC(=O)Nc2nc(-c3ccc(OC)cc3)cn2-c2ccc(C)cc2)CC2CC2)cc1. The van der Waals surface area contributed by atoms with Crippen molar-refractivity contribution in [3.05, 3.63) is 90.1 Å². The van der Waals surface area contributed by atoms with Crippen molar-refractivity contribution in [3.8, 4) is 28.4 Å². The number of methoxy groups -OCH3 is 2. The summed E-state index contributed by atoms with van der Waals surface area (Å²) in [4.78, 5) is 33.0. The predicted octanol–water partition coefficient (Wildman–Crippen LogP) is 5.36. The minimum absolute atomic E-state index is 0.0695. The lowest BCUT2D eigenvalue weighted by Crippen LogP contribution is -2.39. The van der Waals surface area contributed by atoms with Crippen LogP contribution in [0.1, 0.15) is 28.8 Å². The molecular weight excluding hydrogens is 492 g/mol. The number of benzene rings is 3. The highest BCUT2D eigenvalue weighted by molar-refractivity contribution is 5.99. The van der Waals surface area contributed by atoms with Gasteiger partial charge in [-0.2, -0.15) is 0 Å². The summed E-state index contributed by atoms with van der Waals surface area (Å²) in [5, 5.41) is 2.96. The molecule has 5 rings (SSSR count). The van der Waals surface area contributed by atoms with Gasteiger partial charge in [-0.1, -0.05) is 17.7 Å². The van der Waals surface area contributed by atoms with Crippen LogP contribution in [0.3, 0.4) is 0 Å². The lowest BCUT2D eigenvalue weighted by molar-refractivity contribution is -0.117. The number of aromatic nitrogens is 2. The van der Waals surface area contributed by atoms with Crippen molar-refractivity contribution in [2.75, 3.05) is 32.6 Å². The molecule has 1 fully saturated rings. The molecule has 1 saturated carbocycles. The fraction of sp³-hybridized carbons (Fsp3) is 0.258. The Morgan fingerprint density at radius 1 is 0.923 bits per heavy atom. The summed E-state index contributed by atoms with van der Waals surface area (Å²) in [7, 11) is 3.21. The molecule has 4 aromatic rings. The molecule has 39 heavy (non-hydrogen) atoms. The highest BCUT2D eigenvalue weighted by Crippen LogP contribution is 2.30. The summed E-state index contributed by atoms with van der Waals surface area (Å²) in [5.41, 5.74) is 4.12. The largest absolute Gasteiger partial charge is 0.497 e. The molecule has 8 nitrogen and oxygen atoms in total. The van der Waals surface area contributed by atoms with Gasteiger partial charge in [0.1, 0.15) is 18.0 Å². The monoisotopic (exact) mass is 524 g/mol. The predicted molar refractivity (Wildman–Crippen MR) is 151 cm³/mol. The second-order valence-corrected chi connectivity index (χ2v) is 9.79. The molecule has 2 amide bonds. The Labute approximate surface area is 228 Å². The molecule has 1 aliphatic carbocycles. The van der Waals surface area contributed by atoms with E-state index in [0.717, 1.165) is 35.4 Å². The zero-order chi connectivity index (χ0) is 27.4. The van der Waals surface area contributed by atoms with Crippen molar-refractivity contribution in [1.29, 1.82) is 0 Å². The first-order chi connectivity index (χ1) is 18.9. The normalized spacial score (nSPS) is 12.6. The standard InChI is InChI=1S/C31H32N4O4/c1-21-4-12-25(13-5-21)35-19-28(23-8-14-26(38-2)15-9-23)32-31(35)33-29(36)20-34(18-22-6-7-22)30(37)24-10-16-27(39-3)17-11-24/h4-5,8-17,19,22H,6-7,18,20H2,1-3H3,(H,32,33,36). The molecule has 8 heteroatoms. The smallest absolute Gasteiger partial charge is 0.254 e. The minimum atomic E-state index is -0.308. The molecule has 0 bridgehead atoms. The van der Waals surface area contributed by atoms with Crippen molar-refractivity contribution in [1.82, 2.24) is 14.5 Å². The Kier molecular flexibility index (Phi) is 7.63. The third-order valence-corrected chi connectivity index (χ3v) is 6.79. The quantitative estimate of drug-likeness (QED) is 0.302. The first-order valence-electron chi connectivity index (χ1n) is 13.0. The van der Waals surface area contributed by atoms with Gasteiger partial charge < -0.3 is 14.4 Å². The maximum Gasteiger partial charge on any atom is 0.254 e. The van der Waals surface area contributed by atoms with E-state index >= 15 is 0 Å². The lowest BCUT2D eigenvalue weighted by Gasteiger charge is -2.22. The summed E-state index contributed by atoms with van der Waals surface area (Å²) >= 11 is 0. The van der Waals surface area contributed by atoms with Gasteiger partial charge in [0.05, 0.1) is 19.9 Å². The molecule has 0 unspecified atom stereocenters. The Balaban J connectivity index is 1.39. The zero-order valence-electron chi connectivity index (χ0n) is 22.4. The second-order valence-electron chi connectivity index (χ2n) is 9.79. The Morgan fingerprint density at radius 2 is 1.54 bits per heavy atom. The molecular formula is C31H32N4O4. The molecule has 0 atom stereocenters. The summed E-state index contributed by atoms with van der Waals surface area (Å²) in [6.45, 7) is 2.50. The number of ether oxygens (including phenoxy) is 2. The summed E-state index contributed by atoms with van der Waals surface area (Å²) in [5.74, 6) is 1.75. The van der Waals surface area contributed by atoms with Gasteiger partial charge in [0, 0.05) is 29.6 Å². The molecule has 1 N–H and O–H groups in total. The number of rotatable bonds is 10. The number of imidazole rings is 1. The van der Waals surface area contributed by atoms with Crippen LogP contribution in [0.15, 0.2) is 79.0 Å². The summed E-state index contributed by atoms with van der Waals surface area (Å²) in [6.07, 6.45) is 4.03. The van der Waals surface area contributed by atoms with Gasteiger partial charge in [-0.05, 0) is 86.3 Å². The fourth-order valence-electron chi connectivity index (χ4n) is 4.36. The van der Waals surface area contributed by atoms with Gasteiger partial charge in [-0.25, -0.2) is 4.98 Å². The van der Waals surface area contributed by atoms with Crippen LogP contribution in [0.25, 0.3) is 16.9 Å². The number of nitrogens with one attached hydrogen (secondary N) is 1. The molecule has 0 saturated heterocycles. The van der Waals surface area contributed by atoms with Crippen LogP contribution in [-0.2, 0) is 4.79 Å². The Morgan fingerprint density at radius 3 is 2.13 bits per heavy atom. The molecule has 1 heterocycles. The van der Waals surface area contributed by atoms with E-state index in [1.165, 1.54) is 0 Å². The number of carbonyl (C=O) groups excluding carboxylic acids is 2. The van der Waals surface area contributed by atoms with Crippen LogP contribution in [-0.4, -0.2) is 53.6 Å². The lowest BCUT2D eigenvalue weighted by atomic mass is 10.1. The molecule has 0 aliphatic heterocycles. The number of hydrogen-bond donors (Lipinski definition) is 1. The number of aryl methyl sites for hydroxylation is 1. The van der Waals surface area contributed by atoms with Gasteiger partial charge in [-0.3, -0.25) is 19.5 Å². The number of hydrogen-bond acceptors (Lipinski definition) is 5. The highest BCUT2D eigenvalue weighted by atomic mass is 16.5. The summed E-state index contributed by atoms with van der Waals surface area (Å²) in [6, 6.07) is 22.6. The van der Waals surface area contributed by atoms with Crippen molar-refractivity contribution in [2.45, 2.75) is 19.8 Å². The van der Waals surface area contributed by atoms with Crippen molar-refractivity contribution in [3.63, 3.8) is 0 Å². The third-order valence-electron chi connectivity index (χ3n) is 6.79. The minimum Gasteiger partial charge on any atom is -0.497 e.